The number of nitrogens with zero attached hydrogens (tertiary/aromatic N) is 4. The van der Waals surface area contributed by atoms with Gasteiger partial charge in [-0.3, -0.25) is 14.7 Å². The molecule has 25 heavy (non-hydrogen) atoms. The van der Waals surface area contributed by atoms with Crippen LogP contribution in [0.5, 0.6) is 0 Å². The van der Waals surface area contributed by atoms with Gasteiger partial charge in [0, 0.05) is 42.7 Å². The number of carbonyl (C=O) groups is 1. The highest BCUT2D eigenvalue weighted by atomic mass is 32.1. The molecule has 4 heterocycles. The Balaban J connectivity index is 1.41. The smallest absolute Gasteiger partial charge is 0.273 e. The predicted octanol–water partition coefficient (Wildman–Crippen LogP) is 2.97. The summed E-state index contributed by atoms with van der Waals surface area (Å²) in [5.41, 5.74) is 4.79. The summed E-state index contributed by atoms with van der Waals surface area (Å²) >= 11 is 1.48. The normalized spacial score (nSPS) is 24.1. The second-order valence-electron chi connectivity index (χ2n) is 7.43. The van der Waals surface area contributed by atoms with E-state index in [4.69, 9.17) is 0 Å². The van der Waals surface area contributed by atoms with E-state index in [9.17, 15) is 4.79 Å². The van der Waals surface area contributed by atoms with E-state index >= 15 is 0 Å². The third-order valence-electron chi connectivity index (χ3n) is 5.45. The number of thiazole rings is 1. The topological polar surface area (TPSA) is 49.3 Å². The van der Waals surface area contributed by atoms with E-state index in [0.717, 1.165) is 50.5 Å². The molecule has 0 N–H and O–H groups in total. The van der Waals surface area contributed by atoms with Gasteiger partial charge in [0.05, 0.1) is 11.2 Å². The molecule has 5 nitrogen and oxygen atoms in total. The molecule has 4 rings (SSSR count). The maximum absolute atomic E-state index is 12.7. The minimum Gasteiger partial charge on any atom is -0.337 e. The van der Waals surface area contributed by atoms with Gasteiger partial charge in [-0.15, -0.1) is 11.3 Å². The number of carbonyl (C=O) groups excluding carboxylic acids is 1. The summed E-state index contributed by atoms with van der Waals surface area (Å²) in [5.74, 6) is 0.0964. The van der Waals surface area contributed by atoms with Crippen molar-refractivity contribution in [1.29, 1.82) is 0 Å². The Bertz CT molecular complexity index is 748. The predicted molar refractivity (Wildman–Crippen MR) is 98.6 cm³/mol. The van der Waals surface area contributed by atoms with Crippen molar-refractivity contribution in [2.24, 2.45) is 5.41 Å². The van der Waals surface area contributed by atoms with E-state index in [1.807, 2.05) is 23.3 Å². The fourth-order valence-corrected chi connectivity index (χ4v) is 4.80. The van der Waals surface area contributed by atoms with E-state index in [1.165, 1.54) is 24.2 Å². The van der Waals surface area contributed by atoms with Gasteiger partial charge in [-0.25, -0.2) is 4.98 Å². The lowest BCUT2D eigenvalue weighted by Crippen LogP contribution is -2.47. The monoisotopic (exact) mass is 356 g/mol. The number of hydrogen-bond donors (Lipinski definition) is 0. The number of aromatic nitrogens is 2. The van der Waals surface area contributed by atoms with Crippen molar-refractivity contribution < 1.29 is 4.79 Å². The van der Waals surface area contributed by atoms with Crippen molar-refractivity contribution in [2.75, 3.05) is 26.2 Å². The molecule has 0 radical (unpaired) electrons. The summed E-state index contributed by atoms with van der Waals surface area (Å²) in [6.07, 6.45) is 3.47. The number of rotatable bonds is 3. The van der Waals surface area contributed by atoms with Crippen LogP contribution in [0.15, 0.2) is 29.1 Å². The minimum absolute atomic E-state index is 0.0964. The number of amides is 1. The second-order valence-corrected chi connectivity index (χ2v) is 8.15. The van der Waals surface area contributed by atoms with Crippen LogP contribution in [0.4, 0.5) is 0 Å². The molecule has 1 amide bonds. The van der Waals surface area contributed by atoms with Crippen molar-refractivity contribution in [1.82, 2.24) is 19.8 Å². The van der Waals surface area contributed by atoms with E-state index in [1.54, 1.807) is 5.51 Å². The molecule has 0 aliphatic carbocycles. The van der Waals surface area contributed by atoms with Crippen LogP contribution in [0.25, 0.3) is 0 Å². The summed E-state index contributed by atoms with van der Waals surface area (Å²) in [6, 6.07) is 6.23. The lowest BCUT2D eigenvalue weighted by Gasteiger charge is -2.40. The average Bonchev–Trinajstić information content (AvgIpc) is 3.25. The van der Waals surface area contributed by atoms with Crippen LogP contribution in [-0.2, 0) is 6.54 Å². The molecular formula is C19H24N4OS. The summed E-state index contributed by atoms with van der Waals surface area (Å²) in [6.45, 7) is 6.82. The maximum Gasteiger partial charge on any atom is 0.273 e. The van der Waals surface area contributed by atoms with Crippen LogP contribution < -0.4 is 0 Å². The molecule has 2 aromatic heterocycles. The molecular weight excluding hydrogens is 332 g/mol. The fraction of sp³-hybridized carbons (Fsp3) is 0.526. The Kier molecular flexibility index (Phi) is 4.56. The van der Waals surface area contributed by atoms with E-state index < -0.39 is 0 Å². The molecule has 2 aliphatic rings. The zero-order chi connectivity index (χ0) is 17.3. The fourth-order valence-electron chi connectivity index (χ4n) is 4.27. The highest BCUT2D eigenvalue weighted by molar-refractivity contribution is 7.07. The molecule has 0 bridgehead atoms. The zero-order valence-corrected chi connectivity index (χ0v) is 15.5. The first-order valence-electron chi connectivity index (χ1n) is 8.96. The van der Waals surface area contributed by atoms with Gasteiger partial charge < -0.3 is 4.90 Å². The first-order valence-corrected chi connectivity index (χ1v) is 9.90. The molecule has 2 aromatic rings. The number of hydrogen-bond acceptors (Lipinski definition) is 5. The molecule has 2 aliphatic heterocycles. The van der Waals surface area contributed by atoms with E-state index in [-0.39, 0.29) is 11.3 Å². The molecule has 2 saturated heterocycles. The van der Waals surface area contributed by atoms with Gasteiger partial charge in [0.1, 0.15) is 5.69 Å². The average molecular weight is 356 g/mol. The van der Waals surface area contributed by atoms with Crippen LogP contribution >= 0.6 is 11.3 Å². The highest BCUT2D eigenvalue weighted by Gasteiger charge is 2.42. The molecule has 1 spiro atoms. The van der Waals surface area contributed by atoms with Crippen LogP contribution in [-0.4, -0.2) is 51.9 Å². The van der Waals surface area contributed by atoms with Crippen molar-refractivity contribution in [3.8, 4) is 0 Å². The maximum atomic E-state index is 12.7. The van der Waals surface area contributed by atoms with Crippen LogP contribution in [0.2, 0.25) is 0 Å². The molecule has 6 heteroatoms. The van der Waals surface area contributed by atoms with E-state index in [2.05, 4.69) is 27.0 Å². The van der Waals surface area contributed by atoms with Gasteiger partial charge in [-0.05, 0) is 44.9 Å². The summed E-state index contributed by atoms with van der Waals surface area (Å²) in [5, 5.41) is 1.86. The van der Waals surface area contributed by atoms with E-state index in [0.29, 0.717) is 5.69 Å². The summed E-state index contributed by atoms with van der Waals surface area (Å²) < 4.78 is 0. The number of piperidine rings is 1. The van der Waals surface area contributed by atoms with Gasteiger partial charge in [0.15, 0.2) is 0 Å². The molecule has 1 atom stereocenters. The van der Waals surface area contributed by atoms with Gasteiger partial charge in [-0.1, -0.05) is 6.07 Å². The van der Waals surface area contributed by atoms with Crippen molar-refractivity contribution in [2.45, 2.75) is 32.7 Å². The van der Waals surface area contributed by atoms with Crippen LogP contribution in [0, 0.1) is 12.3 Å². The largest absolute Gasteiger partial charge is 0.337 e. The lowest BCUT2D eigenvalue weighted by atomic mass is 9.79. The van der Waals surface area contributed by atoms with Gasteiger partial charge in [-0.2, -0.15) is 0 Å². The standard InChI is InChI=1S/C19H24N4OS/c1-15-4-2-5-16(21-15)10-22-9-7-19(12-22)6-3-8-23(13-19)18(24)17-11-25-14-20-17/h2,4-5,11,14H,3,6-10,12-13H2,1H3. The Labute approximate surface area is 152 Å². The number of likely N-dealkylation sites (tertiary alicyclic amines) is 2. The van der Waals surface area contributed by atoms with Gasteiger partial charge >= 0.3 is 0 Å². The zero-order valence-electron chi connectivity index (χ0n) is 14.6. The molecule has 132 valence electrons. The Morgan fingerprint density at radius 2 is 2.20 bits per heavy atom. The van der Waals surface area contributed by atoms with Crippen molar-refractivity contribution >= 4 is 17.2 Å². The lowest BCUT2D eigenvalue weighted by molar-refractivity contribution is 0.0521. The highest BCUT2D eigenvalue weighted by Crippen LogP contribution is 2.39. The molecule has 1 unspecified atom stereocenters. The molecule has 0 aromatic carbocycles. The van der Waals surface area contributed by atoms with Crippen molar-refractivity contribution in [3.63, 3.8) is 0 Å². The Morgan fingerprint density at radius 3 is 3.00 bits per heavy atom. The quantitative estimate of drug-likeness (QED) is 0.848. The summed E-state index contributed by atoms with van der Waals surface area (Å²) in [4.78, 5) is 26.0. The van der Waals surface area contributed by atoms with Gasteiger partial charge in [0.2, 0.25) is 0 Å². The van der Waals surface area contributed by atoms with Crippen LogP contribution in [0.3, 0.4) is 0 Å². The third kappa shape index (κ3) is 3.60. The van der Waals surface area contributed by atoms with Crippen molar-refractivity contribution in [3.05, 3.63) is 46.2 Å². The van der Waals surface area contributed by atoms with Gasteiger partial charge in [0.25, 0.3) is 5.91 Å². The SMILES string of the molecule is Cc1cccc(CN2CCC3(CCCN(C(=O)c4cscn4)C3)C2)n1. The minimum atomic E-state index is 0.0964. The third-order valence-corrected chi connectivity index (χ3v) is 6.04. The Morgan fingerprint density at radius 1 is 1.28 bits per heavy atom. The Hall–Kier alpha value is -1.79. The number of pyridine rings is 1. The molecule has 2 fully saturated rings. The molecule has 0 saturated carbocycles. The second kappa shape index (κ2) is 6.84. The van der Waals surface area contributed by atoms with Crippen LogP contribution in [0.1, 0.15) is 41.1 Å². The number of aryl methyl sites for hydroxylation is 1. The first kappa shape index (κ1) is 16.7. The summed E-state index contributed by atoms with van der Waals surface area (Å²) in [7, 11) is 0. The first-order chi connectivity index (χ1) is 12.1.